The first kappa shape index (κ1) is 15.0. The normalized spacial score (nSPS) is 20.7. The number of hydrogen-bond acceptors (Lipinski definition) is 6. The first-order chi connectivity index (χ1) is 10.1. The minimum atomic E-state index is -0.369. The van der Waals surface area contributed by atoms with Crippen molar-refractivity contribution in [2.75, 3.05) is 19.5 Å². The third-order valence-corrected chi connectivity index (χ3v) is 3.36. The quantitative estimate of drug-likeness (QED) is 0.801. The second kappa shape index (κ2) is 6.87. The molecule has 1 aromatic rings. The lowest BCUT2D eigenvalue weighted by Crippen LogP contribution is -2.37. The van der Waals surface area contributed by atoms with E-state index in [1.165, 1.54) is 20.4 Å². The Kier molecular flexibility index (Phi) is 4.91. The van der Waals surface area contributed by atoms with E-state index < -0.39 is 0 Å². The van der Waals surface area contributed by atoms with E-state index in [1.807, 2.05) is 0 Å². The number of hydrogen-bond donors (Lipinski definition) is 2. The molecule has 1 saturated carbocycles. The fourth-order valence-corrected chi connectivity index (χ4v) is 2.34. The second-order valence-electron chi connectivity index (χ2n) is 4.76. The lowest BCUT2D eigenvalue weighted by molar-refractivity contribution is -0.145. The van der Waals surface area contributed by atoms with E-state index in [0.717, 1.165) is 12.8 Å². The molecule has 0 unspecified atom stereocenters. The van der Waals surface area contributed by atoms with Crippen LogP contribution in [0.2, 0.25) is 0 Å². The first-order valence-electron chi connectivity index (χ1n) is 6.64. The van der Waals surface area contributed by atoms with Crippen molar-refractivity contribution in [3.63, 3.8) is 0 Å². The van der Waals surface area contributed by atoms with Gasteiger partial charge in [0.1, 0.15) is 5.82 Å². The number of nitrogens with zero attached hydrogens (tertiary/aromatic N) is 2. The zero-order valence-electron chi connectivity index (χ0n) is 12.0. The van der Waals surface area contributed by atoms with E-state index in [2.05, 4.69) is 20.6 Å². The smallest absolute Gasteiger partial charge is 0.320 e. The summed E-state index contributed by atoms with van der Waals surface area (Å²) in [5.41, 5.74) is 0. The first-order valence-corrected chi connectivity index (χ1v) is 6.64. The van der Waals surface area contributed by atoms with Crippen LogP contribution in [0.15, 0.2) is 12.3 Å². The summed E-state index contributed by atoms with van der Waals surface area (Å²) in [7, 11) is 2.82. The summed E-state index contributed by atoms with van der Waals surface area (Å²) in [5.74, 6) is -0.0124. The number of ether oxygens (including phenoxy) is 2. The average Bonchev–Trinajstić information content (AvgIpc) is 2.94. The summed E-state index contributed by atoms with van der Waals surface area (Å²) in [6.07, 6.45) is 3.55. The Bertz CT molecular complexity index is 523. The molecule has 1 fully saturated rings. The molecule has 0 bridgehead atoms. The molecule has 2 N–H and O–H groups in total. The van der Waals surface area contributed by atoms with Crippen molar-refractivity contribution in [3.05, 3.63) is 12.3 Å². The highest BCUT2D eigenvalue weighted by Gasteiger charge is 2.31. The Morgan fingerprint density at radius 2 is 2.14 bits per heavy atom. The Morgan fingerprint density at radius 1 is 1.33 bits per heavy atom. The van der Waals surface area contributed by atoms with Gasteiger partial charge >= 0.3 is 18.0 Å². The van der Waals surface area contributed by atoms with Gasteiger partial charge in [-0.3, -0.25) is 10.1 Å². The van der Waals surface area contributed by atoms with Gasteiger partial charge in [-0.1, -0.05) is 0 Å². The Hall–Kier alpha value is -2.38. The van der Waals surface area contributed by atoms with Gasteiger partial charge in [0.05, 0.1) is 20.1 Å². The van der Waals surface area contributed by atoms with Crippen LogP contribution in [-0.2, 0) is 9.53 Å². The molecule has 21 heavy (non-hydrogen) atoms. The van der Waals surface area contributed by atoms with Crippen LogP contribution in [0.4, 0.5) is 10.6 Å². The highest BCUT2D eigenvalue weighted by molar-refractivity contribution is 5.88. The van der Waals surface area contributed by atoms with Crippen molar-refractivity contribution >= 4 is 17.8 Å². The molecule has 2 amide bonds. The molecule has 1 aliphatic carbocycles. The van der Waals surface area contributed by atoms with Crippen LogP contribution in [0, 0.1) is 5.92 Å². The zero-order chi connectivity index (χ0) is 15.2. The standard InChI is InChI=1S/C13H18N4O4/c1-20-11(18)8-3-4-9(7-8)15-12(19)16-10-5-6-14-13(17-10)21-2/h5-6,8-9H,3-4,7H2,1-2H3,(H2,14,15,16,17,19)/t8-,9+/m0/s1. The van der Waals surface area contributed by atoms with Gasteiger partial charge in [0.15, 0.2) is 0 Å². The molecule has 8 nitrogen and oxygen atoms in total. The van der Waals surface area contributed by atoms with E-state index in [-0.39, 0.29) is 30.0 Å². The lowest BCUT2D eigenvalue weighted by Gasteiger charge is -2.13. The molecule has 0 aromatic carbocycles. The molecule has 0 saturated heterocycles. The van der Waals surface area contributed by atoms with E-state index in [9.17, 15) is 9.59 Å². The number of anilines is 1. The maximum atomic E-state index is 11.9. The van der Waals surface area contributed by atoms with Gasteiger partial charge in [0.2, 0.25) is 0 Å². The average molecular weight is 294 g/mol. The fraction of sp³-hybridized carbons (Fsp3) is 0.538. The maximum absolute atomic E-state index is 11.9. The number of carbonyl (C=O) groups is 2. The third-order valence-electron chi connectivity index (χ3n) is 3.36. The van der Waals surface area contributed by atoms with Crippen molar-refractivity contribution < 1.29 is 19.1 Å². The Morgan fingerprint density at radius 3 is 2.86 bits per heavy atom. The molecule has 1 aromatic heterocycles. The number of methoxy groups -OCH3 is 2. The number of nitrogens with one attached hydrogen (secondary N) is 2. The van der Waals surface area contributed by atoms with E-state index >= 15 is 0 Å². The lowest BCUT2D eigenvalue weighted by atomic mass is 10.1. The van der Waals surface area contributed by atoms with Crippen molar-refractivity contribution in [1.82, 2.24) is 15.3 Å². The number of rotatable bonds is 4. The largest absolute Gasteiger partial charge is 0.469 e. The summed E-state index contributed by atoms with van der Waals surface area (Å²) in [6, 6.07) is 1.33. The van der Waals surface area contributed by atoms with Crippen LogP contribution in [-0.4, -0.2) is 42.2 Å². The van der Waals surface area contributed by atoms with Crippen molar-refractivity contribution in [3.8, 4) is 6.01 Å². The van der Waals surface area contributed by atoms with Crippen molar-refractivity contribution in [1.29, 1.82) is 0 Å². The summed E-state index contributed by atoms with van der Waals surface area (Å²) in [5, 5.41) is 5.42. The van der Waals surface area contributed by atoms with Gasteiger partial charge in [0, 0.05) is 12.2 Å². The van der Waals surface area contributed by atoms with E-state index in [4.69, 9.17) is 9.47 Å². The van der Waals surface area contributed by atoms with Gasteiger partial charge < -0.3 is 14.8 Å². The number of amides is 2. The zero-order valence-corrected chi connectivity index (χ0v) is 12.0. The maximum Gasteiger partial charge on any atom is 0.320 e. The monoisotopic (exact) mass is 294 g/mol. The van der Waals surface area contributed by atoms with Crippen LogP contribution < -0.4 is 15.4 Å². The molecular weight excluding hydrogens is 276 g/mol. The molecule has 1 aliphatic rings. The molecule has 114 valence electrons. The summed E-state index contributed by atoms with van der Waals surface area (Å²) in [6.45, 7) is 0. The van der Waals surface area contributed by atoms with Crippen molar-refractivity contribution in [2.24, 2.45) is 5.92 Å². The molecule has 0 spiro atoms. The van der Waals surface area contributed by atoms with Gasteiger partial charge in [0.25, 0.3) is 0 Å². The van der Waals surface area contributed by atoms with Gasteiger partial charge in [-0.25, -0.2) is 9.78 Å². The molecule has 8 heteroatoms. The highest BCUT2D eigenvalue weighted by Crippen LogP contribution is 2.26. The SMILES string of the molecule is COC(=O)[C@H]1CC[C@@H](NC(=O)Nc2ccnc(OC)n2)C1. The minimum absolute atomic E-state index is 0.0437. The number of aromatic nitrogens is 2. The molecular formula is C13H18N4O4. The fourth-order valence-electron chi connectivity index (χ4n) is 2.34. The number of carbonyl (C=O) groups excluding carboxylic acids is 2. The van der Waals surface area contributed by atoms with Crippen molar-refractivity contribution in [2.45, 2.75) is 25.3 Å². The number of urea groups is 1. The Labute approximate surface area is 122 Å². The van der Waals surface area contributed by atoms with Crippen LogP contribution in [0.1, 0.15) is 19.3 Å². The summed E-state index contributed by atoms with van der Waals surface area (Å²) >= 11 is 0. The molecule has 2 atom stereocenters. The predicted octanol–water partition coefficient (Wildman–Crippen LogP) is 0.948. The molecule has 2 rings (SSSR count). The molecule has 0 aliphatic heterocycles. The summed E-state index contributed by atoms with van der Waals surface area (Å²) < 4.78 is 9.59. The molecule has 0 radical (unpaired) electrons. The van der Waals surface area contributed by atoms with Crippen LogP contribution >= 0.6 is 0 Å². The van der Waals surface area contributed by atoms with Crippen LogP contribution in [0.3, 0.4) is 0 Å². The van der Waals surface area contributed by atoms with E-state index in [0.29, 0.717) is 12.2 Å². The number of esters is 1. The molecule has 1 heterocycles. The van der Waals surface area contributed by atoms with Gasteiger partial charge in [-0.15, -0.1) is 0 Å². The predicted molar refractivity (Wildman–Crippen MR) is 73.9 cm³/mol. The van der Waals surface area contributed by atoms with Crippen LogP contribution in [0.25, 0.3) is 0 Å². The third kappa shape index (κ3) is 4.04. The van der Waals surface area contributed by atoms with Gasteiger partial charge in [-0.2, -0.15) is 4.98 Å². The second-order valence-corrected chi connectivity index (χ2v) is 4.76. The minimum Gasteiger partial charge on any atom is -0.469 e. The highest BCUT2D eigenvalue weighted by atomic mass is 16.5. The summed E-state index contributed by atoms with van der Waals surface area (Å²) in [4.78, 5) is 31.1. The Balaban J connectivity index is 1.83. The van der Waals surface area contributed by atoms with E-state index in [1.54, 1.807) is 6.07 Å². The van der Waals surface area contributed by atoms with Gasteiger partial charge in [-0.05, 0) is 25.3 Å². The topological polar surface area (TPSA) is 102 Å². The van der Waals surface area contributed by atoms with Crippen LogP contribution in [0.5, 0.6) is 6.01 Å².